The molecule has 0 atom stereocenters. The second-order valence-corrected chi connectivity index (χ2v) is 8.64. The SMILES string of the molecule is Cc1ccc2oc(=O)c(C(=O)NC34CC5CC(CC(C5)C3)C4)cc2c1. The lowest BCUT2D eigenvalue weighted by atomic mass is 9.53. The molecule has 4 bridgehead atoms. The molecule has 2 aromatic rings. The third-order valence-corrected chi connectivity index (χ3v) is 6.55. The number of fused-ring (bicyclic) bond motifs is 1. The van der Waals surface area contributed by atoms with Crippen LogP contribution < -0.4 is 10.9 Å². The Hall–Kier alpha value is -2.10. The second kappa shape index (κ2) is 5.20. The van der Waals surface area contributed by atoms with Gasteiger partial charge < -0.3 is 9.73 Å². The van der Waals surface area contributed by atoms with E-state index in [4.69, 9.17) is 4.42 Å². The van der Waals surface area contributed by atoms with Crippen molar-refractivity contribution in [3.63, 3.8) is 0 Å². The van der Waals surface area contributed by atoms with Crippen molar-refractivity contribution in [3.8, 4) is 0 Å². The molecule has 4 nitrogen and oxygen atoms in total. The van der Waals surface area contributed by atoms with Gasteiger partial charge in [-0.15, -0.1) is 0 Å². The average molecular weight is 337 g/mol. The van der Waals surface area contributed by atoms with E-state index in [0.717, 1.165) is 48.0 Å². The van der Waals surface area contributed by atoms with E-state index in [1.165, 1.54) is 19.3 Å². The van der Waals surface area contributed by atoms with Gasteiger partial charge in [-0.25, -0.2) is 4.79 Å². The number of rotatable bonds is 2. The number of benzene rings is 1. The molecule has 4 aliphatic carbocycles. The molecule has 25 heavy (non-hydrogen) atoms. The average Bonchev–Trinajstić information content (AvgIpc) is 2.52. The van der Waals surface area contributed by atoms with E-state index < -0.39 is 5.63 Å². The monoisotopic (exact) mass is 337 g/mol. The molecule has 1 heterocycles. The van der Waals surface area contributed by atoms with E-state index in [2.05, 4.69) is 5.32 Å². The van der Waals surface area contributed by atoms with Crippen molar-refractivity contribution in [1.29, 1.82) is 0 Å². The van der Waals surface area contributed by atoms with Gasteiger partial charge >= 0.3 is 5.63 Å². The molecule has 4 saturated carbocycles. The highest BCUT2D eigenvalue weighted by Gasteiger charge is 2.51. The van der Waals surface area contributed by atoms with Crippen LogP contribution in [0.3, 0.4) is 0 Å². The van der Waals surface area contributed by atoms with Crippen LogP contribution in [-0.4, -0.2) is 11.4 Å². The van der Waals surface area contributed by atoms with Gasteiger partial charge in [-0.2, -0.15) is 0 Å². The number of carbonyl (C=O) groups is 1. The summed E-state index contributed by atoms with van der Waals surface area (Å²) in [6, 6.07) is 7.32. The minimum Gasteiger partial charge on any atom is -0.422 e. The van der Waals surface area contributed by atoms with Gasteiger partial charge in [0.15, 0.2) is 0 Å². The first-order chi connectivity index (χ1) is 12.0. The first kappa shape index (κ1) is 15.2. The number of carbonyl (C=O) groups excluding carboxylic acids is 1. The Bertz CT molecular complexity index is 891. The van der Waals surface area contributed by atoms with Gasteiger partial charge in [0.2, 0.25) is 0 Å². The van der Waals surface area contributed by atoms with Crippen LogP contribution >= 0.6 is 0 Å². The van der Waals surface area contributed by atoms with Crippen LogP contribution in [0.4, 0.5) is 0 Å². The van der Waals surface area contributed by atoms with Crippen molar-refractivity contribution in [2.45, 2.75) is 51.0 Å². The van der Waals surface area contributed by atoms with E-state index in [0.29, 0.717) is 5.58 Å². The van der Waals surface area contributed by atoms with Gasteiger partial charge in [0.05, 0.1) is 0 Å². The smallest absolute Gasteiger partial charge is 0.349 e. The molecular weight excluding hydrogens is 314 g/mol. The number of amides is 1. The van der Waals surface area contributed by atoms with Crippen LogP contribution in [0.1, 0.15) is 54.4 Å². The van der Waals surface area contributed by atoms with Crippen molar-refractivity contribution in [2.75, 3.05) is 0 Å². The maximum absolute atomic E-state index is 12.9. The summed E-state index contributed by atoms with van der Waals surface area (Å²) >= 11 is 0. The topological polar surface area (TPSA) is 59.3 Å². The zero-order valence-corrected chi connectivity index (χ0v) is 14.5. The van der Waals surface area contributed by atoms with Gasteiger partial charge in [-0.1, -0.05) is 11.6 Å². The Morgan fingerprint density at radius 1 is 1.08 bits per heavy atom. The van der Waals surface area contributed by atoms with Crippen molar-refractivity contribution in [2.24, 2.45) is 17.8 Å². The Balaban J connectivity index is 1.47. The van der Waals surface area contributed by atoms with E-state index in [9.17, 15) is 9.59 Å². The van der Waals surface area contributed by atoms with Crippen LogP contribution in [0.15, 0.2) is 33.5 Å². The molecule has 4 heteroatoms. The van der Waals surface area contributed by atoms with Crippen LogP contribution in [-0.2, 0) is 0 Å². The Morgan fingerprint density at radius 2 is 1.72 bits per heavy atom. The highest BCUT2D eigenvalue weighted by Crippen LogP contribution is 2.55. The number of nitrogens with one attached hydrogen (secondary N) is 1. The summed E-state index contributed by atoms with van der Waals surface area (Å²) in [5, 5.41) is 4.06. The quantitative estimate of drug-likeness (QED) is 0.848. The third-order valence-electron chi connectivity index (χ3n) is 6.55. The second-order valence-electron chi connectivity index (χ2n) is 8.64. The lowest BCUT2D eigenvalue weighted by Gasteiger charge is -2.56. The van der Waals surface area contributed by atoms with Crippen molar-refractivity contribution in [1.82, 2.24) is 5.32 Å². The molecule has 1 aromatic carbocycles. The zero-order chi connectivity index (χ0) is 17.2. The van der Waals surface area contributed by atoms with Gasteiger partial charge in [0, 0.05) is 10.9 Å². The lowest BCUT2D eigenvalue weighted by Crippen LogP contribution is -2.60. The Kier molecular flexibility index (Phi) is 3.16. The molecule has 4 aliphatic rings. The highest BCUT2D eigenvalue weighted by molar-refractivity contribution is 5.97. The fraction of sp³-hybridized carbons (Fsp3) is 0.524. The predicted molar refractivity (Wildman–Crippen MR) is 95.6 cm³/mol. The van der Waals surface area contributed by atoms with E-state index in [1.54, 1.807) is 12.1 Å². The molecule has 0 spiro atoms. The van der Waals surface area contributed by atoms with Crippen LogP contribution in [0.25, 0.3) is 11.0 Å². The largest absolute Gasteiger partial charge is 0.422 e. The van der Waals surface area contributed by atoms with E-state index in [-0.39, 0.29) is 17.0 Å². The minimum absolute atomic E-state index is 0.0974. The number of aryl methyl sites for hydroxylation is 1. The molecule has 6 rings (SSSR count). The van der Waals surface area contributed by atoms with Crippen LogP contribution in [0, 0.1) is 24.7 Å². The Labute approximate surface area is 146 Å². The van der Waals surface area contributed by atoms with Crippen molar-refractivity contribution >= 4 is 16.9 Å². The lowest BCUT2D eigenvalue weighted by molar-refractivity contribution is -0.0167. The van der Waals surface area contributed by atoms with Crippen molar-refractivity contribution < 1.29 is 9.21 Å². The summed E-state index contributed by atoms with van der Waals surface area (Å²) in [7, 11) is 0. The maximum atomic E-state index is 12.9. The van der Waals surface area contributed by atoms with E-state index in [1.807, 2.05) is 19.1 Å². The highest BCUT2D eigenvalue weighted by atomic mass is 16.4. The molecule has 0 saturated heterocycles. The molecule has 1 amide bonds. The summed E-state index contributed by atoms with van der Waals surface area (Å²) < 4.78 is 5.37. The fourth-order valence-electron chi connectivity index (χ4n) is 5.97. The predicted octanol–water partition coefficient (Wildman–Crippen LogP) is 3.80. The maximum Gasteiger partial charge on any atom is 0.349 e. The van der Waals surface area contributed by atoms with E-state index >= 15 is 0 Å². The summed E-state index contributed by atoms with van der Waals surface area (Å²) in [4.78, 5) is 25.2. The first-order valence-corrected chi connectivity index (χ1v) is 9.37. The number of hydrogen-bond donors (Lipinski definition) is 1. The summed E-state index contributed by atoms with van der Waals surface area (Å²) in [5.41, 5.74) is 1.10. The number of hydrogen-bond acceptors (Lipinski definition) is 3. The van der Waals surface area contributed by atoms with Crippen molar-refractivity contribution in [3.05, 3.63) is 45.8 Å². The van der Waals surface area contributed by atoms with Gasteiger partial charge in [-0.3, -0.25) is 4.79 Å². The first-order valence-electron chi connectivity index (χ1n) is 9.37. The fourth-order valence-corrected chi connectivity index (χ4v) is 5.97. The molecule has 4 fully saturated rings. The third kappa shape index (κ3) is 2.50. The molecule has 1 N–H and O–H groups in total. The van der Waals surface area contributed by atoms with Gasteiger partial charge in [0.25, 0.3) is 5.91 Å². The molecule has 0 radical (unpaired) electrons. The molecular formula is C21H23NO3. The molecule has 0 aliphatic heterocycles. The molecule has 1 aromatic heterocycles. The van der Waals surface area contributed by atoms with Crippen LogP contribution in [0.2, 0.25) is 0 Å². The summed E-state index contributed by atoms with van der Waals surface area (Å²) in [6.45, 7) is 1.99. The standard InChI is InChI=1S/C21H23NO3/c1-12-2-3-18-16(4-12)8-17(20(24)25-18)19(23)22-21-9-13-5-14(10-21)7-15(6-13)11-21/h2-4,8,13-15H,5-7,9-11H2,1H3,(H,22,23). The zero-order valence-electron chi connectivity index (χ0n) is 14.5. The van der Waals surface area contributed by atoms with Crippen LogP contribution in [0.5, 0.6) is 0 Å². The summed E-state index contributed by atoms with van der Waals surface area (Å²) in [5.74, 6) is 1.99. The minimum atomic E-state index is -0.543. The normalized spacial score (nSPS) is 32.9. The van der Waals surface area contributed by atoms with Gasteiger partial charge in [-0.05, 0) is 81.4 Å². The van der Waals surface area contributed by atoms with Gasteiger partial charge in [0.1, 0.15) is 11.1 Å². The molecule has 0 unspecified atom stereocenters. The molecule has 130 valence electrons. The Morgan fingerprint density at radius 3 is 2.36 bits per heavy atom. The summed E-state index contributed by atoms with van der Waals surface area (Å²) in [6.07, 6.45) is 7.19.